The maximum absolute atomic E-state index is 11.8. The molecule has 0 aliphatic carbocycles. The molecule has 6 heteroatoms. The highest BCUT2D eigenvalue weighted by Gasteiger charge is 2.22. The van der Waals surface area contributed by atoms with Gasteiger partial charge in [-0.25, -0.2) is 0 Å². The first-order chi connectivity index (χ1) is 9.16. The molecular formula is C13H10N2O4. The molecule has 2 aromatic rings. The summed E-state index contributed by atoms with van der Waals surface area (Å²) in [6, 6.07) is 11.6. The number of benzene rings is 1. The van der Waals surface area contributed by atoms with E-state index >= 15 is 0 Å². The molecule has 0 saturated heterocycles. The van der Waals surface area contributed by atoms with Crippen molar-refractivity contribution in [3.8, 4) is 0 Å². The monoisotopic (exact) mass is 258 g/mol. The Morgan fingerprint density at radius 1 is 1.21 bits per heavy atom. The molecule has 1 heterocycles. The van der Waals surface area contributed by atoms with Crippen LogP contribution in [-0.2, 0) is 4.79 Å². The van der Waals surface area contributed by atoms with Gasteiger partial charge in [-0.3, -0.25) is 14.9 Å². The Labute approximate surface area is 108 Å². The molecule has 0 saturated carbocycles. The van der Waals surface area contributed by atoms with Crippen molar-refractivity contribution in [3.63, 3.8) is 0 Å². The molecule has 0 spiro atoms. The van der Waals surface area contributed by atoms with Gasteiger partial charge < -0.3 is 9.73 Å². The van der Waals surface area contributed by atoms with Crippen LogP contribution in [0.1, 0.15) is 5.76 Å². The Bertz CT molecular complexity index is 603. The second-order valence-electron chi connectivity index (χ2n) is 3.62. The summed E-state index contributed by atoms with van der Waals surface area (Å²) in [7, 11) is 0. The predicted molar refractivity (Wildman–Crippen MR) is 68.8 cm³/mol. The lowest BCUT2D eigenvalue weighted by Crippen LogP contribution is -2.19. The molecule has 1 amide bonds. The van der Waals surface area contributed by atoms with Gasteiger partial charge in [0.2, 0.25) is 0 Å². The summed E-state index contributed by atoms with van der Waals surface area (Å²) < 4.78 is 4.95. The minimum atomic E-state index is -0.799. The van der Waals surface area contributed by atoms with Crippen molar-refractivity contribution in [1.82, 2.24) is 0 Å². The zero-order valence-corrected chi connectivity index (χ0v) is 9.78. The van der Waals surface area contributed by atoms with Crippen LogP contribution in [0.3, 0.4) is 0 Å². The van der Waals surface area contributed by atoms with Crippen molar-refractivity contribution in [2.45, 2.75) is 0 Å². The van der Waals surface area contributed by atoms with Crippen LogP contribution in [0.5, 0.6) is 0 Å². The molecule has 0 unspecified atom stereocenters. The van der Waals surface area contributed by atoms with Crippen LogP contribution >= 0.6 is 0 Å². The minimum Gasteiger partial charge on any atom is -0.465 e. The molecule has 0 aliphatic rings. The third kappa shape index (κ3) is 3.29. The number of anilines is 1. The van der Waals surface area contributed by atoms with Crippen molar-refractivity contribution in [1.29, 1.82) is 0 Å². The number of nitrogens with one attached hydrogen (secondary N) is 1. The summed E-state index contributed by atoms with van der Waals surface area (Å²) >= 11 is 0. The molecule has 0 aliphatic heterocycles. The third-order valence-corrected chi connectivity index (χ3v) is 2.28. The number of amides is 1. The summed E-state index contributed by atoms with van der Waals surface area (Å²) in [4.78, 5) is 22.0. The Balaban J connectivity index is 2.21. The number of carbonyl (C=O) groups excluding carboxylic acids is 1. The Morgan fingerprint density at radius 2 is 1.95 bits per heavy atom. The van der Waals surface area contributed by atoms with Gasteiger partial charge in [-0.15, -0.1) is 0 Å². The molecular weight excluding hydrogens is 248 g/mol. The SMILES string of the molecule is O=C(Nc1ccccc1)C(=Cc1ccco1)[N+](=O)[O-]. The van der Waals surface area contributed by atoms with E-state index in [4.69, 9.17) is 4.42 Å². The van der Waals surface area contributed by atoms with Gasteiger partial charge in [0, 0.05) is 5.69 Å². The van der Waals surface area contributed by atoms with E-state index in [2.05, 4.69) is 5.32 Å². The summed E-state index contributed by atoms with van der Waals surface area (Å²) in [5, 5.41) is 13.3. The first-order valence-corrected chi connectivity index (χ1v) is 5.43. The first kappa shape index (κ1) is 12.6. The van der Waals surface area contributed by atoms with Gasteiger partial charge in [0.15, 0.2) is 0 Å². The fraction of sp³-hybridized carbons (Fsp3) is 0. The lowest BCUT2D eigenvalue weighted by Gasteiger charge is -2.02. The molecule has 1 aromatic carbocycles. The zero-order valence-electron chi connectivity index (χ0n) is 9.78. The summed E-state index contributed by atoms with van der Waals surface area (Å²) in [5.74, 6) is -0.553. The highest BCUT2D eigenvalue weighted by atomic mass is 16.6. The molecule has 96 valence electrons. The van der Waals surface area contributed by atoms with Crippen molar-refractivity contribution in [2.75, 3.05) is 5.32 Å². The van der Waals surface area contributed by atoms with Gasteiger partial charge in [0.25, 0.3) is 0 Å². The molecule has 1 aromatic heterocycles. The van der Waals surface area contributed by atoms with Crippen LogP contribution < -0.4 is 5.32 Å². The number of hydrogen-bond acceptors (Lipinski definition) is 4. The quantitative estimate of drug-likeness (QED) is 0.518. The lowest BCUT2D eigenvalue weighted by molar-refractivity contribution is -0.417. The third-order valence-electron chi connectivity index (χ3n) is 2.28. The van der Waals surface area contributed by atoms with E-state index in [1.165, 1.54) is 12.3 Å². The van der Waals surface area contributed by atoms with E-state index < -0.39 is 16.5 Å². The van der Waals surface area contributed by atoms with Crippen LogP contribution in [0.15, 0.2) is 58.8 Å². The summed E-state index contributed by atoms with van der Waals surface area (Å²) in [6.45, 7) is 0. The first-order valence-electron chi connectivity index (χ1n) is 5.43. The zero-order chi connectivity index (χ0) is 13.7. The van der Waals surface area contributed by atoms with Crippen LogP contribution in [0.25, 0.3) is 6.08 Å². The van der Waals surface area contributed by atoms with Gasteiger partial charge >= 0.3 is 11.6 Å². The van der Waals surface area contributed by atoms with E-state index in [0.29, 0.717) is 5.69 Å². The Morgan fingerprint density at radius 3 is 2.53 bits per heavy atom. The Kier molecular flexibility index (Phi) is 3.72. The number of carbonyl (C=O) groups is 1. The van der Waals surface area contributed by atoms with Gasteiger partial charge in [0.05, 0.1) is 17.3 Å². The van der Waals surface area contributed by atoms with Crippen molar-refractivity contribution < 1.29 is 14.1 Å². The van der Waals surface area contributed by atoms with Crippen molar-refractivity contribution in [3.05, 3.63) is 70.3 Å². The lowest BCUT2D eigenvalue weighted by atomic mass is 10.3. The van der Waals surface area contributed by atoms with Crippen LogP contribution in [0.4, 0.5) is 5.69 Å². The van der Waals surface area contributed by atoms with Crippen molar-refractivity contribution >= 4 is 17.7 Å². The minimum absolute atomic E-state index is 0.245. The van der Waals surface area contributed by atoms with E-state index in [1.54, 1.807) is 36.4 Å². The highest BCUT2D eigenvalue weighted by molar-refractivity contribution is 6.04. The largest absolute Gasteiger partial charge is 0.465 e. The highest BCUT2D eigenvalue weighted by Crippen LogP contribution is 2.12. The van der Waals surface area contributed by atoms with E-state index in [1.807, 2.05) is 0 Å². The second kappa shape index (κ2) is 5.63. The van der Waals surface area contributed by atoms with Gasteiger partial charge in [-0.2, -0.15) is 0 Å². The molecule has 0 fully saturated rings. The molecule has 2 rings (SSSR count). The number of rotatable bonds is 4. The molecule has 1 N–H and O–H groups in total. The molecule has 19 heavy (non-hydrogen) atoms. The number of nitrogens with zero attached hydrogens (tertiary/aromatic N) is 1. The number of para-hydroxylation sites is 1. The normalized spacial score (nSPS) is 11.1. The summed E-state index contributed by atoms with van der Waals surface area (Å²) in [6.07, 6.45) is 2.46. The van der Waals surface area contributed by atoms with Gasteiger partial charge in [0.1, 0.15) is 5.76 Å². The van der Waals surface area contributed by atoms with Crippen LogP contribution in [0, 0.1) is 10.1 Å². The number of hydrogen-bond donors (Lipinski definition) is 1. The fourth-order valence-corrected chi connectivity index (χ4v) is 1.43. The van der Waals surface area contributed by atoms with Crippen LogP contribution in [0.2, 0.25) is 0 Å². The van der Waals surface area contributed by atoms with Gasteiger partial charge in [-0.1, -0.05) is 18.2 Å². The number of furan rings is 1. The number of nitro groups is 1. The molecule has 0 atom stereocenters. The molecule has 0 radical (unpaired) electrons. The standard InChI is InChI=1S/C13H10N2O4/c16-13(14-10-5-2-1-3-6-10)12(15(17)18)9-11-7-4-8-19-11/h1-9H,(H,14,16). The van der Waals surface area contributed by atoms with Crippen LogP contribution in [-0.4, -0.2) is 10.8 Å². The molecule has 0 bridgehead atoms. The molecule has 6 nitrogen and oxygen atoms in total. The van der Waals surface area contributed by atoms with E-state index in [0.717, 1.165) is 6.08 Å². The predicted octanol–water partition coefficient (Wildman–Crippen LogP) is 2.54. The topological polar surface area (TPSA) is 85.4 Å². The smallest absolute Gasteiger partial charge is 0.337 e. The maximum Gasteiger partial charge on any atom is 0.337 e. The average molecular weight is 258 g/mol. The second-order valence-corrected chi connectivity index (χ2v) is 3.62. The van der Waals surface area contributed by atoms with Gasteiger partial charge in [-0.05, 0) is 24.3 Å². The van der Waals surface area contributed by atoms with Crippen molar-refractivity contribution in [2.24, 2.45) is 0 Å². The van der Waals surface area contributed by atoms with E-state index in [9.17, 15) is 14.9 Å². The average Bonchev–Trinajstić information content (AvgIpc) is 2.89. The maximum atomic E-state index is 11.8. The summed E-state index contributed by atoms with van der Waals surface area (Å²) in [5.41, 5.74) is -0.0986. The van der Waals surface area contributed by atoms with E-state index in [-0.39, 0.29) is 5.76 Å². The Hall–Kier alpha value is -2.89. The fourth-order valence-electron chi connectivity index (χ4n) is 1.43.